The Kier molecular flexibility index (Phi) is 4.79. The number of benzene rings is 1. The summed E-state index contributed by atoms with van der Waals surface area (Å²) in [5.74, 6) is 1.15. The smallest absolute Gasteiger partial charge is 0.142 e. The molecule has 2 rings (SSSR count). The van der Waals surface area contributed by atoms with Crippen molar-refractivity contribution in [2.75, 3.05) is 6.54 Å². The first kappa shape index (κ1) is 14.0. The first-order valence-electron chi connectivity index (χ1n) is 6.82. The SMILES string of the molecule is CCCNC(c1cccc(Br)c1F)C(C)C1CC1. The van der Waals surface area contributed by atoms with Crippen LogP contribution in [0.5, 0.6) is 0 Å². The van der Waals surface area contributed by atoms with Gasteiger partial charge in [0.1, 0.15) is 5.82 Å². The van der Waals surface area contributed by atoms with Gasteiger partial charge in [0, 0.05) is 11.6 Å². The van der Waals surface area contributed by atoms with Crippen molar-refractivity contribution in [3.63, 3.8) is 0 Å². The van der Waals surface area contributed by atoms with E-state index in [2.05, 4.69) is 35.1 Å². The lowest BCUT2D eigenvalue weighted by Crippen LogP contribution is -2.29. The van der Waals surface area contributed by atoms with E-state index in [9.17, 15) is 4.39 Å². The van der Waals surface area contributed by atoms with Crippen molar-refractivity contribution in [3.05, 3.63) is 34.1 Å². The van der Waals surface area contributed by atoms with E-state index in [1.807, 2.05) is 12.1 Å². The first-order valence-corrected chi connectivity index (χ1v) is 7.61. The minimum atomic E-state index is -0.112. The highest BCUT2D eigenvalue weighted by molar-refractivity contribution is 9.10. The van der Waals surface area contributed by atoms with E-state index >= 15 is 0 Å². The lowest BCUT2D eigenvalue weighted by atomic mass is 9.90. The van der Waals surface area contributed by atoms with Gasteiger partial charge in [0.15, 0.2) is 0 Å². The summed E-state index contributed by atoms with van der Waals surface area (Å²) in [6, 6.07) is 5.72. The molecule has 0 spiro atoms. The van der Waals surface area contributed by atoms with Crippen LogP contribution in [0.2, 0.25) is 0 Å². The lowest BCUT2D eigenvalue weighted by Gasteiger charge is -2.26. The molecule has 0 radical (unpaired) electrons. The van der Waals surface area contributed by atoms with Gasteiger partial charge in [0.2, 0.25) is 0 Å². The third-order valence-electron chi connectivity index (χ3n) is 3.82. The molecule has 1 saturated carbocycles. The zero-order valence-electron chi connectivity index (χ0n) is 11.0. The van der Waals surface area contributed by atoms with Gasteiger partial charge in [-0.3, -0.25) is 0 Å². The summed E-state index contributed by atoms with van der Waals surface area (Å²) in [5.41, 5.74) is 0.803. The molecule has 18 heavy (non-hydrogen) atoms. The number of nitrogens with one attached hydrogen (secondary N) is 1. The molecule has 1 fully saturated rings. The second kappa shape index (κ2) is 6.16. The summed E-state index contributed by atoms with van der Waals surface area (Å²) in [6.45, 7) is 5.32. The van der Waals surface area contributed by atoms with Crippen LogP contribution in [0.3, 0.4) is 0 Å². The summed E-state index contributed by atoms with van der Waals surface area (Å²) < 4.78 is 14.8. The molecule has 2 unspecified atom stereocenters. The van der Waals surface area contributed by atoms with E-state index in [1.54, 1.807) is 6.07 Å². The van der Waals surface area contributed by atoms with Crippen molar-refractivity contribution in [1.82, 2.24) is 5.32 Å². The average Bonchev–Trinajstić information content (AvgIpc) is 3.18. The Morgan fingerprint density at radius 1 is 1.44 bits per heavy atom. The zero-order chi connectivity index (χ0) is 13.1. The summed E-state index contributed by atoms with van der Waals surface area (Å²) in [7, 11) is 0. The van der Waals surface area contributed by atoms with E-state index in [1.165, 1.54) is 12.8 Å². The highest BCUT2D eigenvalue weighted by atomic mass is 79.9. The van der Waals surface area contributed by atoms with Gasteiger partial charge in [-0.25, -0.2) is 4.39 Å². The Hall–Kier alpha value is -0.410. The highest BCUT2D eigenvalue weighted by Gasteiger charge is 2.34. The van der Waals surface area contributed by atoms with Crippen molar-refractivity contribution < 1.29 is 4.39 Å². The van der Waals surface area contributed by atoms with Crippen LogP contribution < -0.4 is 5.32 Å². The van der Waals surface area contributed by atoms with E-state index < -0.39 is 0 Å². The van der Waals surface area contributed by atoms with Crippen molar-refractivity contribution in [3.8, 4) is 0 Å². The monoisotopic (exact) mass is 313 g/mol. The Morgan fingerprint density at radius 3 is 2.78 bits per heavy atom. The van der Waals surface area contributed by atoms with Crippen LogP contribution in [-0.2, 0) is 0 Å². The zero-order valence-corrected chi connectivity index (χ0v) is 12.6. The Labute approximate surface area is 117 Å². The largest absolute Gasteiger partial charge is 0.310 e. The van der Waals surface area contributed by atoms with Gasteiger partial charge in [-0.05, 0) is 59.6 Å². The topological polar surface area (TPSA) is 12.0 Å². The van der Waals surface area contributed by atoms with Crippen LogP contribution in [0.4, 0.5) is 4.39 Å². The summed E-state index contributed by atoms with van der Waals surface area (Å²) in [5, 5.41) is 3.51. The Bertz CT molecular complexity index is 403. The van der Waals surface area contributed by atoms with Gasteiger partial charge in [0.05, 0.1) is 4.47 Å². The number of halogens is 2. The number of hydrogen-bond acceptors (Lipinski definition) is 1. The van der Waals surface area contributed by atoms with Gasteiger partial charge >= 0.3 is 0 Å². The van der Waals surface area contributed by atoms with Crippen LogP contribution in [0, 0.1) is 17.7 Å². The normalized spacial score (nSPS) is 18.7. The molecule has 1 nitrogen and oxygen atoms in total. The summed E-state index contributed by atoms with van der Waals surface area (Å²) in [6.07, 6.45) is 3.66. The second-order valence-electron chi connectivity index (χ2n) is 5.27. The molecule has 2 atom stereocenters. The van der Waals surface area contributed by atoms with Gasteiger partial charge in [-0.1, -0.05) is 26.0 Å². The van der Waals surface area contributed by atoms with Crippen LogP contribution in [0.15, 0.2) is 22.7 Å². The maximum atomic E-state index is 14.2. The minimum Gasteiger partial charge on any atom is -0.310 e. The fourth-order valence-corrected chi connectivity index (χ4v) is 2.92. The predicted octanol–water partition coefficient (Wildman–Crippen LogP) is 4.68. The molecular formula is C15H21BrFN. The molecule has 0 heterocycles. The van der Waals surface area contributed by atoms with Crippen LogP contribution in [0.25, 0.3) is 0 Å². The van der Waals surface area contributed by atoms with Crippen molar-refractivity contribution in [1.29, 1.82) is 0 Å². The quantitative estimate of drug-likeness (QED) is 0.804. The van der Waals surface area contributed by atoms with Crippen LogP contribution >= 0.6 is 15.9 Å². The summed E-state index contributed by atoms with van der Waals surface area (Å²) >= 11 is 3.28. The molecule has 0 bridgehead atoms. The number of rotatable bonds is 6. The van der Waals surface area contributed by atoms with Crippen molar-refractivity contribution in [2.24, 2.45) is 11.8 Å². The fourth-order valence-electron chi connectivity index (χ4n) is 2.53. The molecule has 0 aliphatic heterocycles. The average molecular weight is 314 g/mol. The molecule has 100 valence electrons. The molecule has 1 aliphatic rings. The molecule has 0 aromatic heterocycles. The molecule has 1 N–H and O–H groups in total. The second-order valence-corrected chi connectivity index (χ2v) is 6.13. The molecule has 1 aromatic rings. The number of hydrogen-bond donors (Lipinski definition) is 1. The fraction of sp³-hybridized carbons (Fsp3) is 0.600. The highest BCUT2D eigenvalue weighted by Crippen LogP contribution is 2.43. The van der Waals surface area contributed by atoms with E-state index in [-0.39, 0.29) is 11.9 Å². The molecule has 1 aliphatic carbocycles. The van der Waals surface area contributed by atoms with Gasteiger partial charge in [0.25, 0.3) is 0 Å². The minimum absolute atomic E-state index is 0.112. The Balaban J connectivity index is 2.23. The van der Waals surface area contributed by atoms with Crippen LogP contribution in [0.1, 0.15) is 44.7 Å². The van der Waals surface area contributed by atoms with Crippen LogP contribution in [-0.4, -0.2) is 6.54 Å². The molecule has 3 heteroatoms. The first-order chi connectivity index (χ1) is 8.65. The van der Waals surface area contributed by atoms with E-state index in [0.29, 0.717) is 10.4 Å². The lowest BCUT2D eigenvalue weighted by molar-refractivity contribution is 0.340. The third-order valence-corrected chi connectivity index (χ3v) is 4.43. The summed E-state index contributed by atoms with van der Waals surface area (Å²) in [4.78, 5) is 0. The van der Waals surface area contributed by atoms with Gasteiger partial charge in [-0.15, -0.1) is 0 Å². The van der Waals surface area contributed by atoms with Gasteiger partial charge < -0.3 is 5.32 Å². The molecule has 0 saturated heterocycles. The predicted molar refractivity (Wildman–Crippen MR) is 77.0 cm³/mol. The van der Waals surface area contributed by atoms with E-state index in [4.69, 9.17) is 0 Å². The molecular weight excluding hydrogens is 293 g/mol. The maximum absolute atomic E-state index is 14.2. The van der Waals surface area contributed by atoms with Crippen molar-refractivity contribution >= 4 is 15.9 Å². The maximum Gasteiger partial charge on any atom is 0.142 e. The van der Waals surface area contributed by atoms with Crippen molar-refractivity contribution in [2.45, 2.75) is 39.2 Å². The standard InChI is InChI=1S/C15H21BrFN/c1-3-9-18-15(10(2)11-7-8-11)12-5-4-6-13(16)14(12)17/h4-6,10-11,15,18H,3,7-9H2,1-2H3. The molecule has 1 aromatic carbocycles. The van der Waals surface area contributed by atoms with E-state index in [0.717, 1.165) is 24.4 Å². The Morgan fingerprint density at radius 2 is 2.17 bits per heavy atom. The van der Waals surface area contributed by atoms with Gasteiger partial charge in [-0.2, -0.15) is 0 Å². The third kappa shape index (κ3) is 3.12. The molecule has 0 amide bonds.